The number of nitrogens with one attached hydrogen (secondary N) is 1. The van der Waals surface area contributed by atoms with E-state index in [1.807, 2.05) is 44.2 Å². The van der Waals surface area contributed by atoms with E-state index in [1.165, 1.54) is 0 Å². The molecule has 0 atom stereocenters. The van der Waals surface area contributed by atoms with Crippen molar-refractivity contribution in [2.24, 2.45) is 0 Å². The highest BCUT2D eigenvalue weighted by molar-refractivity contribution is 9.10. The quantitative estimate of drug-likeness (QED) is 0.834. The molecule has 4 nitrogen and oxygen atoms in total. The van der Waals surface area contributed by atoms with Crippen molar-refractivity contribution >= 4 is 27.5 Å². The number of ether oxygens (including phenoxy) is 1. The van der Waals surface area contributed by atoms with Gasteiger partial charge in [0.2, 0.25) is 5.91 Å². The van der Waals surface area contributed by atoms with Crippen LogP contribution in [0.4, 0.5) is 5.69 Å². The highest BCUT2D eigenvalue weighted by atomic mass is 79.9. The maximum atomic E-state index is 11.8. The van der Waals surface area contributed by atoms with E-state index in [0.29, 0.717) is 18.7 Å². The number of halogens is 1. The number of pyridine rings is 1. The van der Waals surface area contributed by atoms with Crippen LogP contribution in [0.2, 0.25) is 0 Å². The molecule has 2 aromatic rings. The Balaban J connectivity index is 1.81. The summed E-state index contributed by atoms with van der Waals surface area (Å²) >= 11 is 3.33. The third-order valence-corrected chi connectivity index (χ3v) is 3.72. The predicted molar refractivity (Wildman–Crippen MR) is 86.6 cm³/mol. The van der Waals surface area contributed by atoms with Gasteiger partial charge in [-0.15, -0.1) is 0 Å². The van der Waals surface area contributed by atoms with Gasteiger partial charge >= 0.3 is 0 Å². The highest BCUT2D eigenvalue weighted by Crippen LogP contribution is 2.17. The van der Waals surface area contributed by atoms with Crippen LogP contribution in [0, 0.1) is 13.8 Å². The van der Waals surface area contributed by atoms with E-state index in [2.05, 4.69) is 26.2 Å². The molecular formula is C16H17BrN2O2. The normalized spacial score (nSPS) is 10.2. The van der Waals surface area contributed by atoms with Crippen LogP contribution in [0.1, 0.15) is 17.5 Å². The first-order chi connectivity index (χ1) is 10.0. The van der Waals surface area contributed by atoms with Crippen LogP contribution in [-0.2, 0) is 4.79 Å². The first-order valence-electron chi connectivity index (χ1n) is 6.66. The van der Waals surface area contributed by atoms with Crippen molar-refractivity contribution in [2.75, 3.05) is 11.9 Å². The van der Waals surface area contributed by atoms with Gasteiger partial charge in [-0.1, -0.05) is 12.1 Å². The van der Waals surface area contributed by atoms with Gasteiger partial charge in [0.25, 0.3) is 0 Å². The molecule has 0 radical (unpaired) electrons. The number of rotatable bonds is 5. The second-order valence-corrected chi connectivity index (χ2v) is 5.55. The van der Waals surface area contributed by atoms with Crippen LogP contribution >= 0.6 is 15.9 Å². The largest absolute Gasteiger partial charge is 0.493 e. The van der Waals surface area contributed by atoms with Crippen molar-refractivity contribution in [1.29, 1.82) is 0 Å². The van der Waals surface area contributed by atoms with Crippen molar-refractivity contribution < 1.29 is 9.53 Å². The lowest BCUT2D eigenvalue weighted by molar-refractivity contribution is -0.116. The number of anilines is 1. The van der Waals surface area contributed by atoms with Gasteiger partial charge in [-0.05, 0) is 59.1 Å². The SMILES string of the molecule is Cc1cccc(OCCC(=O)Nc2cnc(Br)c(C)c2)c1. The Kier molecular flexibility index (Phi) is 5.33. The van der Waals surface area contributed by atoms with E-state index in [9.17, 15) is 4.79 Å². The van der Waals surface area contributed by atoms with Gasteiger partial charge in [0.1, 0.15) is 10.4 Å². The smallest absolute Gasteiger partial charge is 0.227 e. The Hall–Kier alpha value is -1.88. The molecule has 21 heavy (non-hydrogen) atoms. The second kappa shape index (κ2) is 7.22. The zero-order chi connectivity index (χ0) is 15.2. The van der Waals surface area contributed by atoms with Crippen LogP contribution in [0.5, 0.6) is 5.75 Å². The Morgan fingerprint density at radius 3 is 2.86 bits per heavy atom. The Labute approximate surface area is 132 Å². The Morgan fingerprint density at radius 2 is 2.14 bits per heavy atom. The fourth-order valence-electron chi connectivity index (χ4n) is 1.82. The lowest BCUT2D eigenvalue weighted by Crippen LogP contribution is -2.15. The molecule has 110 valence electrons. The zero-order valence-electron chi connectivity index (χ0n) is 12.0. The van der Waals surface area contributed by atoms with Crippen LogP contribution in [-0.4, -0.2) is 17.5 Å². The first kappa shape index (κ1) is 15.5. The van der Waals surface area contributed by atoms with Crippen molar-refractivity contribution in [3.63, 3.8) is 0 Å². The summed E-state index contributed by atoms with van der Waals surface area (Å²) in [5, 5.41) is 2.81. The van der Waals surface area contributed by atoms with E-state index in [4.69, 9.17) is 4.74 Å². The number of aromatic nitrogens is 1. The number of benzene rings is 1. The van der Waals surface area contributed by atoms with Crippen LogP contribution < -0.4 is 10.1 Å². The average Bonchev–Trinajstić information content (AvgIpc) is 2.43. The summed E-state index contributed by atoms with van der Waals surface area (Å²) in [5.41, 5.74) is 2.80. The summed E-state index contributed by atoms with van der Waals surface area (Å²) in [5.74, 6) is 0.690. The standard InChI is InChI=1S/C16H17BrN2O2/c1-11-4-3-5-14(8-11)21-7-6-15(20)19-13-9-12(2)16(17)18-10-13/h3-5,8-10H,6-7H2,1-2H3,(H,19,20). The number of hydrogen-bond donors (Lipinski definition) is 1. The molecule has 2 rings (SSSR count). The number of carbonyl (C=O) groups excluding carboxylic acids is 1. The molecule has 0 aliphatic heterocycles. The molecule has 0 spiro atoms. The molecule has 0 aliphatic rings. The van der Waals surface area contributed by atoms with Crippen molar-refractivity contribution in [1.82, 2.24) is 4.98 Å². The fourth-order valence-corrected chi connectivity index (χ4v) is 2.03. The van der Waals surface area contributed by atoms with Gasteiger partial charge < -0.3 is 10.1 Å². The summed E-state index contributed by atoms with van der Waals surface area (Å²) < 4.78 is 6.33. The molecule has 1 amide bonds. The number of carbonyl (C=O) groups is 1. The lowest BCUT2D eigenvalue weighted by Gasteiger charge is -2.08. The Bertz CT molecular complexity index is 644. The summed E-state index contributed by atoms with van der Waals surface area (Å²) in [6, 6.07) is 9.63. The summed E-state index contributed by atoms with van der Waals surface area (Å²) in [6.07, 6.45) is 1.92. The van der Waals surface area contributed by atoms with Crippen LogP contribution in [0.15, 0.2) is 41.1 Å². The van der Waals surface area contributed by atoms with E-state index in [-0.39, 0.29) is 5.91 Å². The highest BCUT2D eigenvalue weighted by Gasteiger charge is 2.05. The molecule has 0 fully saturated rings. The lowest BCUT2D eigenvalue weighted by atomic mass is 10.2. The maximum Gasteiger partial charge on any atom is 0.227 e. The number of amides is 1. The summed E-state index contributed by atoms with van der Waals surface area (Å²) in [7, 11) is 0. The third-order valence-electron chi connectivity index (χ3n) is 2.89. The molecule has 0 saturated heterocycles. The van der Waals surface area contributed by atoms with Crippen molar-refractivity contribution in [3.8, 4) is 5.75 Å². The molecular weight excluding hydrogens is 332 g/mol. The molecule has 5 heteroatoms. The maximum absolute atomic E-state index is 11.8. The van der Waals surface area contributed by atoms with Gasteiger partial charge in [0.15, 0.2) is 0 Å². The molecule has 1 aromatic carbocycles. The summed E-state index contributed by atoms with van der Waals surface area (Å²) in [6.45, 7) is 4.27. The number of nitrogens with zero attached hydrogens (tertiary/aromatic N) is 1. The van der Waals surface area contributed by atoms with Gasteiger partial charge in [0.05, 0.1) is 24.9 Å². The molecule has 0 aliphatic carbocycles. The average molecular weight is 349 g/mol. The van der Waals surface area contributed by atoms with Gasteiger partial charge in [-0.25, -0.2) is 4.98 Å². The molecule has 1 aromatic heterocycles. The number of hydrogen-bond acceptors (Lipinski definition) is 3. The fraction of sp³-hybridized carbons (Fsp3) is 0.250. The van der Waals surface area contributed by atoms with Crippen LogP contribution in [0.25, 0.3) is 0 Å². The number of aryl methyl sites for hydroxylation is 2. The van der Waals surface area contributed by atoms with E-state index < -0.39 is 0 Å². The predicted octanol–water partition coefficient (Wildman–Crippen LogP) is 3.87. The van der Waals surface area contributed by atoms with E-state index in [0.717, 1.165) is 21.5 Å². The topological polar surface area (TPSA) is 51.2 Å². The van der Waals surface area contributed by atoms with E-state index >= 15 is 0 Å². The van der Waals surface area contributed by atoms with Gasteiger partial charge in [-0.3, -0.25) is 4.79 Å². The summed E-state index contributed by atoms with van der Waals surface area (Å²) in [4.78, 5) is 16.0. The molecule has 1 N–H and O–H groups in total. The van der Waals surface area contributed by atoms with Crippen molar-refractivity contribution in [2.45, 2.75) is 20.3 Å². The zero-order valence-corrected chi connectivity index (χ0v) is 13.6. The molecule has 0 bridgehead atoms. The van der Waals surface area contributed by atoms with Crippen molar-refractivity contribution in [3.05, 3.63) is 52.3 Å². The monoisotopic (exact) mass is 348 g/mol. The van der Waals surface area contributed by atoms with E-state index in [1.54, 1.807) is 6.20 Å². The van der Waals surface area contributed by atoms with Crippen LogP contribution in [0.3, 0.4) is 0 Å². The minimum Gasteiger partial charge on any atom is -0.493 e. The second-order valence-electron chi connectivity index (χ2n) is 4.79. The minimum atomic E-state index is -0.0915. The van der Waals surface area contributed by atoms with Gasteiger partial charge in [-0.2, -0.15) is 0 Å². The Morgan fingerprint density at radius 1 is 1.33 bits per heavy atom. The molecule has 1 heterocycles. The molecule has 0 unspecified atom stereocenters. The third kappa shape index (κ3) is 4.86. The molecule has 0 saturated carbocycles. The minimum absolute atomic E-state index is 0.0915. The first-order valence-corrected chi connectivity index (χ1v) is 7.45. The van der Waals surface area contributed by atoms with Gasteiger partial charge in [0, 0.05) is 0 Å².